The fourth-order valence-electron chi connectivity index (χ4n) is 2.80. The van der Waals surface area contributed by atoms with Crippen molar-refractivity contribution in [1.82, 2.24) is 5.32 Å². The molecule has 7 N–H and O–H groups in total. The third kappa shape index (κ3) is 7.91. The van der Waals surface area contributed by atoms with Gasteiger partial charge in [0.25, 0.3) is 0 Å². The van der Waals surface area contributed by atoms with Crippen molar-refractivity contribution in [3.63, 3.8) is 0 Å². The Balaban J connectivity index is 2.48. The lowest BCUT2D eigenvalue weighted by Gasteiger charge is -2.14. The van der Waals surface area contributed by atoms with Crippen LogP contribution in [0.25, 0.3) is 12.2 Å². The summed E-state index contributed by atoms with van der Waals surface area (Å²) < 4.78 is 48.4. The summed E-state index contributed by atoms with van der Waals surface area (Å²) in [5, 5.41) is 19.3. The topological polar surface area (TPSA) is 173 Å². The van der Waals surface area contributed by atoms with Gasteiger partial charge in [-0.25, -0.2) is 27.1 Å². The van der Waals surface area contributed by atoms with Gasteiger partial charge in [-0.15, -0.1) is 0 Å². The molecule has 178 valence electrons. The molecule has 1 amide bonds. The average Bonchev–Trinajstić information content (AvgIpc) is 2.65. The van der Waals surface area contributed by atoms with Crippen LogP contribution in [-0.2, 0) is 24.8 Å². The monoisotopic (exact) mass is 511 g/mol. The van der Waals surface area contributed by atoms with E-state index in [2.05, 4.69) is 16.0 Å². The number of amides is 1. The molecule has 0 spiro atoms. The van der Waals surface area contributed by atoms with Gasteiger partial charge >= 0.3 is 0 Å². The maximum atomic E-state index is 12.2. The van der Waals surface area contributed by atoms with Crippen molar-refractivity contribution >= 4 is 66.8 Å². The van der Waals surface area contributed by atoms with Crippen molar-refractivity contribution in [2.45, 2.75) is 36.6 Å². The molecule has 33 heavy (non-hydrogen) atoms. The quantitative estimate of drug-likeness (QED) is 0.276. The van der Waals surface area contributed by atoms with E-state index in [9.17, 15) is 21.6 Å². The van der Waals surface area contributed by atoms with E-state index in [0.717, 1.165) is 0 Å². The first-order chi connectivity index (χ1) is 15.2. The Morgan fingerprint density at radius 3 is 1.67 bits per heavy atom. The smallest absolute Gasteiger partial charge is 0.238 e. The van der Waals surface area contributed by atoms with Crippen molar-refractivity contribution in [1.29, 1.82) is 0 Å². The highest BCUT2D eigenvalue weighted by Crippen LogP contribution is 2.25. The van der Waals surface area contributed by atoms with Crippen molar-refractivity contribution < 1.29 is 21.6 Å². The molecule has 13 heteroatoms. The second-order valence-corrected chi connectivity index (χ2v) is 10.8. The highest BCUT2D eigenvalue weighted by atomic mass is 32.2. The first-order valence-corrected chi connectivity index (χ1v) is 13.0. The number of benzene rings is 2. The lowest BCUT2D eigenvalue weighted by Crippen LogP contribution is -2.33. The number of carbonyl (C=O) groups excluding carboxylic acids is 1. The summed E-state index contributed by atoms with van der Waals surface area (Å²) in [5.74, 6) is -0.381. The molecule has 0 saturated heterocycles. The second kappa shape index (κ2) is 10.4. The first kappa shape index (κ1) is 26.4. The summed E-state index contributed by atoms with van der Waals surface area (Å²) >= 11 is 5.17. The Labute approximate surface area is 198 Å². The highest BCUT2D eigenvalue weighted by molar-refractivity contribution is 7.89. The van der Waals surface area contributed by atoms with Gasteiger partial charge < -0.3 is 16.0 Å². The number of sulfonamides is 2. The Kier molecular flexibility index (Phi) is 8.32. The molecule has 0 fully saturated rings. The van der Waals surface area contributed by atoms with Crippen molar-refractivity contribution in [3.05, 3.63) is 47.5 Å². The maximum Gasteiger partial charge on any atom is 0.238 e. The van der Waals surface area contributed by atoms with Gasteiger partial charge in [-0.3, -0.25) is 4.79 Å². The Bertz CT molecular complexity index is 1320. The van der Waals surface area contributed by atoms with Crippen LogP contribution in [0.1, 0.15) is 31.9 Å². The van der Waals surface area contributed by atoms with Gasteiger partial charge in [-0.1, -0.05) is 24.3 Å². The molecule has 2 aromatic carbocycles. The minimum absolute atomic E-state index is 0.0787. The van der Waals surface area contributed by atoms with E-state index < -0.39 is 20.0 Å². The van der Waals surface area contributed by atoms with Gasteiger partial charge in [0.2, 0.25) is 26.0 Å². The van der Waals surface area contributed by atoms with Crippen molar-refractivity contribution in [2.24, 2.45) is 10.3 Å². The zero-order valence-electron chi connectivity index (χ0n) is 18.1. The summed E-state index contributed by atoms with van der Waals surface area (Å²) in [6, 6.07) is 8.64. The number of rotatable bonds is 7. The molecule has 0 aliphatic carbocycles. The van der Waals surface area contributed by atoms with E-state index in [1.807, 2.05) is 13.8 Å². The third-order valence-electron chi connectivity index (χ3n) is 4.08. The van der Waals surface area contributed by atoms with E-state index in [1.54, 1.807) is 6.07 Å². The molecule has 2 aromatic rings. The summed E-state index contributed by atoms with van der Waals surface area (Å²) in [6.45, 7) is 5.08. The van der Waals surface area contributed by atoms with Crippen LogP contribution in [0.2, 0.25) is 0 Å². The molecule has 0 atom stereocenters. The normalized spacial score (nSPS) is 12.1. The van der Waals surface area contributed by atoms with Gasteiger partial charge in [0.05, 0.1) is 9.79 Å². The second-order valence-electron chi connectivity index (χ2n) is 7.36. The van der Waals surface area contributed by atoms with Crippen molar-refractivity contribution in [3.8, 4) is 0 Å². The van der Waals surface area contributed by atoms with Crippen LogP contribution in [0.4, 0.5) is 11.4 Å². The summed E-state index contributed by atoms with van der Waals surface area (Å²) in [7, 11) is -8.26. The Morgan fingerprint density at radius 1 is 0.879 bits per heavy atom. The zero-order chi connectivity index (χ0) is 25.0. The van der Waals surface area contributed by atoms with Gasteiger partial charge in [0.15, 0.2) is 5.11 Å². The van der Waals surface area contributed by atoms with E-state index in [0.29, 0.717) is 10.8 Å². The lowest BCUT2D eigenvalue weighted by molar-refractivity contribution is -0.114. The summed E-state index contributed by atoms with van der Waals surface area (Å²) in [5.41, 5.74) is 1.06. The number of anilines is 2. The lowest BCUT2D eigenvalue weighted by atomic mass is 10.1. The van der Waals surface area contributed by atoms with E-state index in [4.69, 9.17) is 22.5 Å². The molecule has 2 rings (SSSR count). The summed E-state index contributed by atoms with van der Waals surface area (Å²) in [6.07, 6.45) is 2.79. The molecular weight excluding hydrogens is 486 g/mol. The fourth-order valence-corrected chi connectivity index (χ4v) is 4.67. The van der Waals surface area contributed by atoms with E-state index >= 15 is 0 Å². The molecule has 10 nitrogen and oxygen atoms in total. The zero-order valence-corrected chi connectivity index (χ0v) is 20.6. The minimum atomic E-state index is -4.14. The number of thiocarbonyl (C=S) groups is 1. The highest BCUT2D eigenvalue weighted by Gasteiger charge is 2.16. The molecule has 0 saturated carbocycles. The van der Waals surface area contributed by atoms with Gasteiger partial charge in [0, 0.05) is 24.3 Å². The largest absolute Gasteiger partial charge is 0.360 e. The SMILES string of the molecule is CC(=O)Nc1ccc(/C=C/c2ccc(NC(=S)NC(C)C)cc2S(N)(=O)=O)c(S(N)(=O)=O)c1. The third-order valence-corrected chi connectivity index (χ3v) is 6.23. The number of nitrogens with one attached hydrogen (secondary N) is 3. The fraction of sp³-hybridized carbons (Fsp3) is 0.200. The van der Waals surface area contributed by atoms with Crippen LogP contribution in [-0.4, -0.2) is 33.9 Å². The van der Waals surface area contributed by atoms with Gasteiger partial charge in [-0.2, -0.15) is 0 Å². The number of hydrogen-bond acceptors (Lipinski definition) is 6. The molecule has 0 unspecified atom stereocenters. The van der Waals surface area contributed by atoms with Crippen LogP contribution in [0.5, 0.6) is 0 Å². The predicted octanol–water partition coefficient (Wildman–Crippen LogP) is 1.80. The standard InChI is InChI=1S/C20H25N5O5S3/c1-12(2)23-20(31)25-17-9-7-15(19(11-17)33(22,29)30)5-4-14-6-8-16(24-13(3)26)10-18(14)32(21,27)28/h4-12H,1-3H3,(H,24,26)(H2,21,27,28)(H2,22,29,30)(H2,23,25,31)/b5-4+. The summed E-state index contributed by atoms with van der Waals surface area (Å²) in [4.78, 5) is 10.8. The first-order valence-electron chi connectivity index (χ1n) is 9.53. The van der Waals surface area contributed by atoms with Gasteiger partial charge in [0.1, 0.15) is 0 Å². The molecule has 0 aromatic heterocycles. The molecular formula is C20H25N5O5S3. The number of primary sulfonamides is 2. The Morgan fingerprint density at radius 2 is 1.30 bits per heavy atom. The number of nitrogens with two attached hydrogens (primary N) is 2. The van der Waals surface area contributed by atoms with Crippen LogP contribution in [0, 0.1) is 0 Å². The minimum Gasteiger partial charge on any atom is -0.360 e. The van der Waals surface area contributed by atoms with Crippen LogP contribution in [0.15, 0.2) is 46.2 Å². The van der Waals surface area contributed by atoms with Crippen molar-refractivity contribution in [2.75, 3.05) is 10.6 Å². The number of carbonyl (C=O) groups is 1. The predicted molar refractivity (Wildman–Crippen MR) is 133 cm³/mol. The van der Waals surface area contributed by atoms with Crippen LogP contribution < -0.4 is 26.2 Å². The van der Waals surface area contributed by atoms with Crippen LogP contribution >= 0.6 is 12.2 Å². The molecule has 0 aliphatic heterocycles. The molecule has 0 aliphatic rings. The Hall–Kier alpha value is -2.84. The van der Waals surface area contributed by atoms with E-state index in [1.165, 1.54) is 49.4 Å². The number of hydrogen-bond donors (Lipinski definition) is 5. The average molecular weight is 512 g/mol. The molecule has 0 bridgehead atoms. The molecule has 0 heterocycles. The van der Waals surface area contributed by atoms with Gasteiger partial charge in [-0.05, 0) is 61.5 Å². The van der Waals surface area contributed by atoms with E-state index in [-0.39, 0.29) is 38.6 Å². The molecule has 0 radical (unpaired) electrons. The maximum absolute atomic E-state index is 12.2. The van der Waals surface area contributed by atoms with Crippen LogP contribution in [0.3, 0.4) is 0 Å².